The summed E-state index contributed by atoms with van der Waals surface area (Å²) in [4.78, 5) is 11.7. The lowest BCUT2D eigenvalue weighted by molar-refractivity contribution is -0.139. The van der Waals surface area contributed by atoms with E-state index in [-0.39, 0.29) is 10.5 Å². The number of carbonyl (C=O) groups is 1. The van der Waals surface area contributed by atoms with Gasteiger partial charge in [-0.05, 0) is 24.6 Å². The molecule has 104 valence electrons. The summed E-state index contributed by atoms with van der Waals surface area (Å²) < 4.78 is 23.4. The minimum atomic E-state index is -4.05. The average molecular weight is 290 g/mol. The minimum absolute atomic E-state index is 0.00578. The van der Waals surface area contributed by atoms with Gasteiger partial charge in [0, 0.05) is 0 Å². The maximum atomic E-state index is 12.7. The van der Waals surface area contributed by atoms with Crippen molar-refractivity contribution in [3.05, 3.63) is 66.2 Å². The Bertz CT molecular complexity index is 708. The predicted octanol–water partition coefficient (Wildman–Crippen LogP) is 2.46. The molecular weight excluding hydrogens is 276 g/mol. The van der Waals surface area contributed by atoms with Crippen LogP contribution in [0.1, 0.15) is 12.5 Å². The topological polar surface area (TPSA) is 71.4 Å². The Hall–Kier alpha value is -2.14. The Morgan fingerprint density at radius 2 is 1.40 bits per heavy atom. The van der Waals surface area contributed by atoms with Gasteiger partial charge < -0.3 is 5.11 Å². The highest BCUT2D eigenvalue weighted by Gasteiger charge is 2.48. The molecule has 0 radical (unpaired) electrons. The number of aliphatic carboxylic acids is 1. The van der Waals surface area contributed by atoms with Crippen LogP contribution in [0.5, 0.6) is 0 Å². The summed E-state index contributed by atoms with van der Waals surface area (Å²) in [6.07, 6.45) is 0. The molecule has 2 aromatic carbocycles. The largest absolute Gasteiger partial charge is 0.480 e. The standard InChI is InChI=1S/C15H14O4S/c1-15(14(16)17,12-8-4-2-5-9-12)20(18,19)13-10-6-3-7-11-13/h2-11H,1H3,(H,16,17)/t15-/m1/s1. The fourth-order valence-corrected chi connectivity index (χ4v) is 3.65. The Morgan fingerprint density at radius 3 is 1.85 bits per heavy atom. The van der Waals surface area contributed by atoms with Crippen molar-refractivity contribution in [3.8, 4) is 0 Å². The third-order valence-corrected chi connectivity index (χ3v) is 5.70. The molecule has 0 aliphatic heterocycles. The van der Waals surface area contributed by atoms with E-state index in [9.17, 15) is 18.3 Å². The average Bonchev–Trinajstić information content (AvgIpc) is 2.47. The van der Waals surface area contributed by atoms with E-state index in [0.717, 1.165) is 0 Å². The number of carboxylic acids is 1. The molecule has 2 aromatic rings. The summed E-state index contributed by atoms with van der Waals surface area (Å²) >= 11 is 0. The maximum absolute atomic E-state index is 12.7. The molecule has 0 fully saturated rings. The Labute approximate surface area is 117 Å². The first-order chi connectivity index (χ1) is 9.40. The van der Waals surface area contributed by atoms with Crippen molar-refractivity contribution in [2.45, 2.75) is 16.6 Å². The molecule has 0 saturated carbocycles. The van der Waals surface area contributed by atoms with Crippen LogP contribution in [-0.2, 0) is 19.4 Å². The number of hydrogen-bond donors (Lipinski definition) is 1. The van der Waals surface area contributed by atoms with Crippen LogP contribution in [-0.4, -0.2) is 19.5 Å². The van der Waals surface area contributed by atoms with Crippen molar-refractivity contribution < 1.29 is 18.3 Å². The van der Waals surface area contributed by atoms with E-state index in [1.165, 1.54) is 31.2 Å². The van der Waals surface area contributed by atoms with Crippen LogP contribution in [0.25, 0.3) is 0 Å². The number of benzene rings is 2. The highest BCUT2D eigenvalue weighted by Crippen LogP contribution is 2.35. The van der Waals surface area contributed by atoms with E-state index in [1.54, 1.807) is 36.4 Å². The summed E-state index contributed by atoms with van der Waals surface area (Å²) in [6, 6.07) is 15.6. The monoisotopic (exact) mass is 290 g/mol. The molecule has 0 amide bonds. The summed E-state index contributed by atoms with van der Waals surface area (Å²) in [5.74, 6) is -1.40. The Kier molecular flexibility index (Phi) is 3.63. The highest BCUT2D eigenvalue weighted by molar-refractivity contribution is 7.93. The van der Waals surface area contributed by atoms with Crippen LogP contribution in [0, 0.1) is 0 Å². The Balaban J connectivity index is 2.70. The van der Waals surface area contributed by atoms with Crippen LogP contribution in [0.2, 0.25) is 0 Å². The molecule has 0 aliphatic rings. The van der Waals surface area contributed by atoms with Gasteiger partial charge in [0.2, 0.25) is 0 Å². The van der Waals surface area contributed by atoms with E-state index in [1.807, 2.05) is 0 Å². The van der Waals surface area contributed by atoms with Gasteiger partial charge in [0.1, 0.15) is 0 Å². The predicted molar refractivity (Wildman–Crippen MR) is 75.1 cm³/mol. The van der Waals surface area contributed by atoms with Gasteiger partial charge in [0.25, 0.3) is 0 Å². The van der Waals surface area contributed by atoms with Gasteiger partial charge in [-0.1, -0.05) is 48.5 Å². The zero-order valence-corrected chi connectivity index (χ0v) is 11.7. The molecular formula is C15H14O4S. The first kappa shape index (κ1) is 14.3. The number of rotatable bonds is 4. The van der Waals surface area contributed by atoms with Gasteiger partial charge in [0.05, 0.1) is 4.90 Å². The number of carboxylic acid groups (broad SMARTS) is 1. The van der Waals surface area contributed by atoms with E-state index in [0.29, 0.717) is 0 Å². The van der Waals surface area contributed by atoms with Crippen LogP contribution < -0.4 is 0 Å². The molecule has 0 aromatic heterocycles. The fraction of sp³-hybridized carbons (Fsp3) is 0.133. The van der Waals surface area contributed by atoms with Gasteiger partial charge >= 0.3 is 5.97 Å². The van der Waals surface area contributed by atoms with Crippen molar-refractivity contribution in [1.82, 2.24) is 0 Å². The van der Waals surface area contributed by atoms with Gasteiger partial charge in [-0.3, -0.25) is 4.79 Å². The number of sulfone groups is 1. The summed E-state index contributed by atoms with van der Waals surface area (Å²) in [5, 5.41) is 9.50. The maximum Gasteiger partial charge on any atom is 0.329 e. The second kappa shape index (κ2) is 5.09. The van der Waals surface area contributed by atoms with E-state index >= 15 is 0 Å². The van der Waals surface area contributed by atoms with E-state index in [4.69, 9.17) is 0 Å². The van der Waals surface area contributed by atoms with Crippen LogP contribution in [0.4, 0.5) is 0 Å². The molecule has 4 nitrogen and oxygen atoms in total. The summed E-state index contributed by atoms with van der Waals surface area (Å²) in [7, 11) is -4.05. The quantitative estimate of drug-likeness (QED) is 0.939. The third kappa shape index (κ3) is 2.10. The van der Waals surface area contributed by atoms with Gasteiger partial charge in [-0.25, -0.2) is 8.42 Å². The zero-order valence-electron chi connectivity index (χ0n) is 10.9. The highest BCUT2D eigenvalue weighted by atomic mass is 32.2. The van der Waals surface area contributed by atoms with Crippen LogP contribution in [0.15, 0.2) is 65.6 Å². The molecule has 0 bridgehead atoms. The van der Waals surface area contributed by atoms with Crippen molar-refractivity contribution in [2.24, 2.45) is 0 Å². The van der Waals surface area contributed by atoms with Crippen LogP contribution >= 0.6 is 0 Å². The summed E-state index contributed by atoms with van der Waals surface area (Å²) in [6.45, 7) is 1.22. The van der Waals surface area contributed by atoms with Gasteiger partial charge in [-0.15, -0.1) is 0 Å². The fourth-order valence-electron chi connectivity index (χ4n) is 1.99. The van der Waals surface area contributed by atoms with Gasteiger partial charge in [0.15, 0.2) is 14.6 Å². The molecule has 0 aliphatic carbocycles. The first-order valence-electron chi connectivity index (χ1n) is 5.99. The second-order valence-corrected chi connectivity index (χ2v) is 6.82. The molecule has 0 unspecified atom stereocenters. The second-order valence-electron chi connectivity index (χ2n) is 4.52. The molecule has 2 rings (SSSR count). The van der Waals surface area contributed by atoms with Crippen molar-refractivity contribution in [2.75, 3.05) is 0 Å². The molecule has 1 N–H and O–H groups in total. The third-order valence-electron chi connectivity index (χ3n) is 3.32. The lowest BCUT2D eigenvalue weighted by Gasteiger charge is -2.25. The normalized spacial score (nSPS) is 14.4. The van der Waals surface area contributed by atoms with Crippen molar-refractivity contribution in [1.29, 1.82) is 0 Å². The van der Waals surface area contributed by atoms with Crippen LogP contribution in [0.3, 0.4) is 0 Å². The van der Waals surface area contributed by atoms with E-state index < -0.39 is 20.6 Å². The molecule has 0 spiro atoms. The van der Waals surface area contributed by atoms with E-state index in [2.05, 4.69) is 0 Å². The lowest BCUT2D eigenvalue weighted by Crippen LogP contribution is -2.40. The SMILES string of the molecule is C[C@](C(=O)O)(c1ccccc1)S(=O)(=O)c1ccccc1. The van der Waals surface area contributed by atoms with Gasteiger partial charge in [-0.2, -0.15) is 0 Å². The molecule has 0 heterocycles. The zero-order chi connectivity index (χ0) is 14.8. The lowest BCUT2D eigenvalue weighted by atomic mass is 10.0. The summed E-state index contributed by atoms with van der Waals surface area (Å²) in [5.41, 5.74) is 0.233. The Morgan fingerprint density at radius 1 is 0.950 bits per heavy atom. The molecule has 5 heteroatoms. The van der Waals surface area contributed by atoms with Crippen molar-refractivity contribution in [3.63, 3.8) is 0 Å². The first-order valence-corrected chi connectivity index (χ1v) is 7.47. The number of hydrogen-bond acceptors (Lipinski definition) is 3. The molecule has 1 atom stereocenters. The molecule has 0 saturated heterocycles. The molecule has 20 heavy (non-hydrogen) atoms. The van der Waals surface area contributed by atoms with Crippen molar-refractivity contribution >= 4 is 15.8 Å². The smallest absolute Gasteiger partial charge is 0.329 e. The minimum Gasteiger partial charge on any atom is -0.480 e.